The third-order valence-electron chi connectivity index (χ3n) is 2.58. The molecule has 1 rings (SSSR count). The van der Waals surface area contributed by atoms with Crippen LogP contribution in [0.5, 0.6) is 0 Å². The number of hydrogen-bond acceptors (Lipinski definition) is 4. The molecule has 100 valence electrons. The predicted molar refractivity (Wildman–Crippen MR) is 70.1 cm³/mol. The average Bonchev–Trinajstić information content (AvgIpc) is 2.29. The van der Waals surface area contributed by atoms with Gasteiger partial charge in [-0.3, -0.25) is 10.1 Å². The third kappa shape index (κ3) is 3.39. The van der Waals surface area contributed by atoms with Gasteiger partial charge in [0.2, 0.25) is 0 Å². The Labute approximate surface area is 112 Å². The second kappa shape index (κ2) is 6.10. The van der Waals surface area contributed by atoms with E-state index in [1.165, 1.54) is 0 Å². The number of aliphatic hydroxyl groups is 1. The van der Waals surface area contributed by atoms with Gasteiger partial charge in [-0.15, -0.1) is 0 Å². The summed E-state index contributed by atoms with van der Waals surface area (Å²) in [5, 5.41) is 22.9. The van der Waals surface area contributed by atoms with Crippen molar-refractivity contribution in [2.45, 2.75) is 19.9 Å². The summed E-state index contributed by atoms with van der Waals surface area (Å²) >= 11 is 2.90. The number of halogens is 2. The first-order valence-corrected chi connectivity index (χ1v) is 6.17. The Balaban J connectivity index is 3.14. The summed E-state index contributed by atoms with van der Waals surface area (Å²) in [4.78, 5) is 10.3. The van der Waals surface area contributed by atoms with Crippen LogP contribution in [0.4, 0.5) is 15.8 Å². The van der Waals surface area contributed by atoms with Crippen molar-refractivity contribution < 1.29 is 14.4 Å². The van der Waals surface area contributed by atoms with E-state index in [1.54, 1.807) is 0 Å². The number of nitrogens with zero attached hydrogens (tertiary/aromatic N) is 1. The smallest absolute Gasteiger partial charge is 0.293 e. The molecule has 0 fully saturated rings. The number of anilines is 1. The predicted octanol–water partition coefficient (Wildman–Crippen LogP) is 2.93. The van der Waals surface area contributed by atoms with Crippen LogP contribution >= 0.6 is 15.9 Å². The van der Waals surface area contributed by atoms with Crippen molar-refractivity contribution in [1.29, 1.82) is 0 Å². The van der Waals surface area contributed by atoms with E-state index in [4.69, 9.17) is 0 Å². The van der Waals surface area contributed by atoms with Gasteiger partial charge < -0.3 is 10.4 Å². The fourth-order valence-electron chi connectivity index (χ4n) is 1.43. The maximum Gasteiger partial charge on any atom is 0.293 e. The van der Waals surface area contributed by atoms with Gasteiger partial charge in [0.05, 0.1) is 22.0 Å². The average molecular weight is 321 g/mol. The van der Waals surface area contributed by atoms with Crippen molar-refractivity contribution in [1.82, 2.24) is 0 Å². The highest BCUT2D eigenvalue weighted by Crippen LogP contribution is 2.31. The molecule has 0 bridgehead atoms. The number of nitro benzene ring substituents is 1. The Kier molecular flexibility index (Phi) is 5.03. The minimum absolute atomic E-state index is 0.0323. The Hall–Kier alpha value is -1.21. The van der Waals surface area contributed by atoms with Crippen molar-refractivity contribution in [2.24, 2.45) is 5.92 Å². The Bertz CT molecular complexity index is 454. The first kappa shape index (κ1) is 14.8. The third-order valence-corrected chi connectivity index (χ3v) is 3.19. The van der Waals surface area contributed by atoms with E-state index >= 15 is 0 Å². The number of benzene rings is 1. The Morgan fingerprint density at radius 3 is 2.61 bits per heavy atom. The van der Waals surface area contributed by atoms with Gasteiger partial charge in [-0.1, -0.05) is 13.8 Å². The minimum Gasteiger partial charge on any atom is -0.394 e. The summed E-state index contributed by atoms with van der Waals surface area (Å²) in [6, 6.07) is 1.78. The molecule has 0 radical (unpaired) electrons. The standard InChI is InChI=1S/C11H14BrFN2O3/c1-6(2)10(5-16)14-9-4-8(13)7(12)3-11(9)15(17)18/h3-4,6,10,14,16H,5H2,1-2H3/t10-/m1/s1. The lowest BCUT2D eigenvalue weighted by Gasteiger charge is -2.21. The van der Waals surface area contributed by atoms with Crippen LogP contribution in [0.3, 0.4) is 0 Å². The topological polar surface area (TPSA) is 75.4 Å². The van der Waals surface area contributed by atoms with Gasteiger partial charge in [0.15, 0.2) is 0 Å². The zero-order chi connectivity index (χ0) is 13.9. The summed E-state index contributed by atoms with van der Waals surface area (Å²) < 4.78 is 13.4. The summed E-state index contributed by atoms with van der Waals surface area (Å²) in [7, 11) is 0. The van der Waals surface area contributed by atoms with Crippen LogP contribution in [0.1, 0.15) is 13.8 Å². The largest absolute Gasteiger partial charge is 0.394 e. The van der Waals surface area contributed by atoms with Crippen molar-refractivity contribution in [2.75, 3.05) is 11.9 Å². The molecule has 0 saturated heterocycles. The molecule has 0 aromatic heterocycles. The molecule has 2 N–H and O–H groups in total. The molecule has 0 aliphatic rings. The van der Waals surface area contributed by atoms with Crippen molar-refractivity contribution in [3.8, 4) is 0 Å². The van der Waals surface area contributed by atoms with Gasteiger partial charge in [0, 0.05) is 12.1 Å². The molecule has 0 aliphatic carbocycles. The second-order valence-corrected chi connectivity index (χ2v) is 5.07. The van der Waals surface area contributed by atoms with Gasteiger partial charge in [0.1, 0.15) is 11.5 Å². The van der Waals surface area contributed by atoms with Crippen LogP contribution in [0, 0.1) is 21.8 Å². The van der Waals surface area contributed by atoms with E-state index in [-0.39, 0.29) is 34.4 Å². The molecule has 7 heteroatoms. The summed E-state index contributed by atoms with van der Waals surface area (Å²) in [5.41, 5.74) is -0.171. The molecule has 0 aliphatic heterocycles. The van der Waals surface area contributed by atoms with Crippen LogP contribution in [0.15, 0.2) is 16.6 Å². The molecule has 0 saturated carbocycles. The van der Waals surface area contributed by atoms with Crippen LogP contribution in [-0.2, 0) is 0 Å². The molecule has 18 heavy (non-hydrogen) atoms. The van der Waals surface area contributed by atoms with Crippen molar-refractivity contribution in [3.05, 3.63) is 32.5 Å². The van der Waals surface area contributed by atoms with Crippen LogP contribution in [-0.4, -0.2) is 22.7 Å². The number of rotatable bonds is 5. The van der Waals surface area contributed by atoms with Crippen molar-refractivity contribution in [3.63, 3.8) is 0 Å². The van der Waals surface area contributed by atoms with Crippen molar-refractivity contribution >= 4 is 27.3 Å². The van der Waals surface area contributed by atoms with Crippen LogP contribution in [0.2, 0.25) is 0 Å². The maximum atomic E-state index is 13.4. The van der Waals surface area contributed by atoms with Gasteiger partial charge in [0.25, 0.3) is 5.69 Å². The molecule has 0 amide bonds. The zero-order valence-electron chi connectivity index (χ0n) is 9.98. The van der Waals surface area contributed by atoms with E-state index in [2.05, 4.69) is 21.2 Å². The molecule has 1 aromatic rings. The number of hydrogen-bond donors (Lipinski definition) is 2. The second-order valence-electron chi connectivity index (χ2n) is 4.22. The van der Waals surface area contributed by atoms with E-state index in [0.717, 1.165) is 12.1 Å². The van der Waals surface area contributed by atoms with Gasteiger partial charge in [-0.2, -0.15) is 0 Å². The molecule has 5 nitrogen and oxygen atoms in total. The first-order chi connectivity index (χ1) is 8.36. The van der Waals surface area contributed by atoms with Gasteiger partial charge >= 0.3 is 0 Å². The number of nitro groups is 1. The highest BCUT2D eigenvalue weighted by Gasteiger charge is 2.21. The SMILES string of the molecule is CC(C)[C@@H](CO)Nc1cc(F)c(Br)cc1[N+](=O)[O-]. The fraction of sp³-hybridized carbons (Fsp3) is 0.455. The molecule has 1 atom stereocenters. The fourth-order valence-corrected chi connectivity index (χ4v) is 1.76. The molecule has 0 spiro atoms. The van der Waals surface area contributed by atoms with Gasteiger partial charge in [-0.25, -0.2) is 4.39 Å². The Morgan fingerprint density at radius 1 is 1.56 bits per heavy atom. The molecule has 0 heterocycles. The molecule has 1 aromatic carbocycles. The van der Waals surface area contributed by atoms with Crippen LogP contribution < -0.4 is 5.32 Å². The van der Waals surface area contributed by atoms with Gasteiger partial charge in [-0.05, 0) is 21.8 Å². The van der Waals surface area contributed by atoms with E-state index in [0.29, 0.717) is 0 Å². The lowest BCUT2D eigenvalue weighted by atomic mass is 10.0. The summed E-state index contributed by atoms with van der Waals surface area (Å²) in [6.07, 6.45) is 0. The lowest BCUT2D eigenvalue weighted by Crippen LogP contribution is -2.29. The normalized spacial score (nSPS) is 12.6. The number of aliphatic hydroxyl groups excluding tert-OH is 1. The number of nitrogens with one attached hydrogen (secondary N) is 1. The lowest BCUT2D eigenvalue weighted by molar-refractivity contribution is -0.384. The highest BCUT2D eigenvalue weighted by atomic mass is 79.9. The van der Waals surface area contributed by atoms with E-state index < -0.39 is 10.7 Å². The maximum absolute atomic E-state index is 13.4. The monoisotopic (exact) mass is 320 g/mol. The van der Waals surface area contributed by atoms with E-state index in [9.17, 15) is 19.6 Å². The minimum atomic E-state index is -0.596. The van der Waals surface area contributed by atoms with E-state index in [1.807, 2.05) is 13.8 Å². The van der Waals surface area contributed by atoms with Crippen LogP contribution in [0.25, 0.3) is 0 Å². The molecular formula is C11H14BrFN2O3. The zero-order valence-corrected chi connectivity index (χ0v) is 11.6. The summed E-state index contributed by atoms with van der Waals surface area (Å²) in [6.45, 7) is 3.52. The Morgan fingerprint density at radius 2 is 2.17 bits per heavy atom. The quantitative estimate of drug-likeness (QED) is 0.646. The molecule has 0 unspecified atom stereocenters. The first-order valence-electron chi connectivity index (χ1n) is 5.37. The molecular weight excluding hydrogens is 307 g/mol. The summed E-state index contributed by atoms with van der Waals surface area (Å²) in [5.74, 6) is -0.537. The highest BCUT2D eigenvalue weighted by molar-refractivity contribution is 9.10.